The first-order valence-electron chi connectivity index (χ1n) is 5.87. The maximum absolute atomic E-state index is 11.7. The van der Waals surface area contributed by atoms with Crippen LogP contribution in [-0.4, -0.2) is 18.0 Å². The highest BCUT2D eigenvalue weighted by molar-refractivity contribution is 5.87. The molecule has 0 aliphatic rings. The van der Waals surface area contributed by atoms with Crippen molar-refractivity contribution < 1.29 is 14.3 Å². The minimum atomic E-state index is -0.546. The van der Waals surface area contributed by atoms with E-state index in [9.17, 15) is 9.59 Å². The second kappa shape index (κ2) is 5.67. The van der Waals surface area contributed by atoms with Crippen LogP contribution in [0.25, 0.3) is 0 Å². The van der Waals surface area contributed by atoms with Crippen molar-refractivity contribution in [3.05, 3.63) is 29.8 Å². The lowest BCUT2D eigenvalue weighted by Crippen LogP contribution is -2.27. The highest BCUT2D eigenvalue weighted by Gasteiger charge is 2.18. The molecule has 0 spiro atoms. The van der Waals surface area contributed by atoms with Gasteiger partial charge in [-0.25, -0.2) is 4.79 Å². The molecule has 1 N–H and O–H groups in total. The van der Waals surface area contributed by atoms with Crippen LogP contribution in [0.4, 0.5) is 10.5 Å². The van der Waals surface area contributed by atoms with E-state index in [1.54, 1.807) is 39.8 Å². The van der Waals surface area contributed by atoms with E-state index < -0.39 is 11.7 Å². The lowest BCUT2D eigenvalue weighted by atomic mass is 10.0. The smallest absolute Gasteiger partial charge is 0.412 e. The fourth-order valence-corrected chi connectivity index (χ4v) is 1.49. The summed E-state index contributed by atoms with van der Waals surface area (Å²) in [5.74, 6) is -0.267. The minimum Gasteiger partial charge on any atom is -0.444 e. The third-order valence-electron chi connectivity index (χ3n) is 2.29. The number of aldehydes is 1. The van der Waals surface area contributed by atoms with Crippen LogP contribution < -0.4 is 5.32 Å². The van der Waals surface area contributed by atoms with E-state index in [0.717, 1.165) is 11.8 Å². The molecule has 0 aromatic heterocycles. The van der Waals surface area contributed by atoms with Crippen LogP contribution in [0.1, 0.15) is 39.2 Å². The molecule has 98 valence electrons. The van der Waals surface area contributed by atoms with E-state index in [-0.39, 0.29) is 5.92 Å². The molecular weight excluding hydrogens is 230 g/mol. The molecule has 0 fully saturated rings. The molecule has 4 nitrogen and oxygen atoms in total. The summed E-state index contributed by atoms with van der Waals surface area (Å²) < 4.78 is 5.17. The van der Waals surface area contributed by atoms with Crippen molar-refractivity contribution in [3.8, 4) is 0 Å². The van der Waals surface area contributed by atoms with Crippen LogP contribution in [0.2, 0.25) is 0 Å². The summed E-state index contributed by atoms with van der Waals surface area (Å²) in [6, 6.07) is 7.19. The average Bonchev–Trinajstić information content (AvgIpc) is 2.26. The Morgan fingerprint density at radius 3 is 2.50 bits per heavy atom. The normalized spacial score (nSPS) is 12.7. The second-order valence-electron chi connectivity index (χ2n) is 5.14. The van der Waals surface area contributed by atoms with E-state index >= 15 is 0 Å². The van der Waals surface area contributed by atoms with E-state index in [2.05, 4.69) is 5.32 Å². The summed E-state index contributed by atoms with van der Waals surface area (Å²) in [6.07, 6.45) is 0.323. The van der Waals surface area contributed by atoms with Crippen LogP contribution in [-0.2, 0) is 9.53 Å². The fraction of sp³-hybridized carbons (Fsp3) is 0.429. The van der Waals surface area contributed by atoms with Crippen molar-refractivity contribution in [1.29, 1.82) is 0 Å². The number of hydrogen-bond acceptors (Lipinski definition) is 3. The first kappa shape index (κ1) is 14.2. The second-order valence-corrected chi connectivity index (χ2v) is 5.14. The van der Waals surface area contributed by atoms with Gasteiger partial charge >= 0.3 is 6.09 Å². The van der Waals surface area contributed by atoms with Gasteiger partial charge in [-0.1, -0.05) is 25.1 Å². The number of carbonyl (C=O) groups excluding carboxylic acids is 2. The SMILES string of the molecule is CC(C=O)c1ccccc1NC(=O)OC(C)(C)C. The molecule has 4 heteroatoms. The highest BCUT2D eigenvalue weighted by atomic mass is 16.6. The van der Waals surface area contributed by atoms with E-state index in [0.29, 0.717) is 5.69 Å². The summed E-state index contributed by atoms with van der Waals surface area (Å²) in [5, 5.41) is 2.66. The van der Waals surface area contributed by atoms with Crippen LogP contribution >= 0.6 is 0 Å². The molecule has 1 rings (SSSR count). The number of hydrogen-bond donors (Lipinski definition) is 1. The number of para-hydroxylation sites is 1. The topological polar surface area (TPSA) is 55.4 Å². The van der Waals surface area contributed by atoms with Gasteiger partial charge in [-0.3, -0.25) is 5.32 Å². The van der Waals surface area contributed by atoms with Crippen molar-refractivity contribution in [2.75, 3.05) is 5.32 Å². The number of ether oxygens (including phenoxy) is 1. The molecule has 1 unspecified atom stereocenters. The molecule has 0 aliphatic carbocycles. The summed E-state index contributed by atoms with van der Waals surface area (Å²) >= 11 is 0. The monoisotopic (exact) mass is 249 g/mol. The van der Waals surface area contributed by atoms with Gasteiger partial charge in [0.15, 0.2) is 0 Å². The molecule has 0 saturated carbocycles. The molecule has 0 bridgehead atoms. The summed E-state index contributed by atoms with van der Waals surface area (Å²) in [4.78, 5) is 22.5. The van der Waals surface area contributed by atoms with Crippen LogP contribution in [0, 0.1) is 0 Å². The number of rotatable bonds is 3. The van der Waals surface area contributed by atoms with Gasteiger partial charge in [-0.05, 0) is 32.4 Å². The molecule has 0 radical (unpaired) electrons. The Labute approximate surface area is 107 Å². The lowest BCUT2D eigenvalue weighted by molar-refractivity contribution is -0.108. The van der Waals surface area contributed by atoms with Crippen LogP contribution in [0.3, 0.4) is 0 Å². The Morgan fingerprint density at radius 2 is 1.94 bits per heavy atom. The van der Waals surface area contributed by atoms with Crippen molar-refractivity contribution in [3.63, 3.8) is 0 Å². The molecule has 1 aromatic rings. The van der Waals surface area contributed by atoms with Gasteiger partial charge in [0.1, 0.15) is 11.9 Å². The predicted molar refractivity (Wildman–Crippen MR) is 70.8 cm³/mol. The molecule has 1 aromatic carbocycles. The number of nitrogens with one attached hydrogen (secondary N) is 1. The Balaban J connectivity index is 2.84. The third-order valence-corrected chi connectivity index (χ3v) is 2.29. The first-order valence-corrected chi connectivity index (χ1v) is 5.87. The van der Waals surface area contributed by atoms with E-state index in [4.69, 9.17) is 4.74 Å². The molecule has 0 aliphatic heterocycles. The standard InChI is InChI=1S/C14H19NO3/c1-10(9-16)11-7-5-6-8-12(11)15-13(17)18-14(2,3)4/h5-10H,1-4H3,(H,15,17). The van der Waals surface area contributed by atoms with Gasteiger partial charge in [0.05, 0.1) is 0 Å². The largest absolute Gasteiger partial charge is 0.444 e. The van der Waals surface area contributed by atoms with Crippen LogP contribution in [0.5, 0.6) is 0 Å². The zero-order valence-corrected chi connectivity index (χ0v) is 11.2. The van der Waals surface area contributed by atoms with Gasteiger partial charge in [0, 0.05) is 11.6 Å². The lowest BCUT2D eigenvalue weighted by Gasteiger charge is -2.20. The molecule has 1 amide bonds. The molecule has 0 heterocycles. The number of benzene rings is 1. The Morgan fingerprint density at radius 1 is 1.33 bits per heavy atom. The maximum Gasteiger partial charge on any atom is 0.412 e. The van der Waals surface area contributed by atoms with Gasteiger partial charge in [0.2, 0.25) is 0 Å². The van der Waals surface area contributed by atoms with Gasteiger partial charge in [-0.15, -0.1) is 0 Å². The van der Waals surface area contributed by atoms with Crippen molar-refractivity contribution in [1.82, 2.24) is 0 Å². The predicted octanol–water partition coefficient (Wildman–Crippen LogP) is 3.34. The molecule has 0 saturated heterocycles. The van der Waals surface area contributed by atoms with Crippen molar-refractivity contribution in [2.45, 2.75) is 39.2 Å². The summed E-state index contributed by atoms with van der Waals surface area (Å²) in [7, 11) is 0. The fourth-order valence-electron chi connectivity index (χ4n) is 1.49. The van der Waals surface area contributed by atoms with E-state index in [1.807, 2.05) is 12.1 Å². The molecular formula is C14H19NO3. The maximum atomic E-state index is 11.7. The zero-order chi connectivity index (χ0) is 13.8. The number of anilines is 1. The number of amides is 1. The van der Waals surface area contributed by atoms with Gasteiger partial charge in [0.25, 0.3) is 0 Å². The summed E-state index contributed by atoms with van der Waals surface area (Å²) in [6.45, 7) is 7.17. The number of carbonyl (C=O) groups is 2. The highest BCUT2D eigenvalue weighted by Crippen LogP contribution is 2.23. The van der Waals surface area contributed by atoms with Crippen LogP contribution in [0.15, 0.2) is 24.3 Å². The average molecular weight is 249 g/mol. The molecule has 18 heavy (non-hydrogen) atoms. The Hall–Kier alpha value is -1.84. The van der Waals surface area contributed by atoms with Crippen molar-refractivity contribution >= 4 is 18.1 Å². The Kier molecular flexibility index (Phi) is 4.48. The van der Waals surface area contributed by atoms with Gasteiger partial charge in [-0.2, -0.15) is 0 Å². The minimum absolute atomic E-state index is 0.267. The zero-order valence-electron chi connectivity index (χ0n) is 11.2. The quantitative estimate of drug-likeness (QED) is 0.836. The van der Waals surface area contributed by atoms with Crippen molar-refractivity contribution in [2.24, 2.45) is 0 Å². The van der Waals surface area contributed by atoms with E-state index in [1.165, 1.54) is 0 Å². The third kappa shape index (κ3) is 4.20. The molecule has 1 atom stereocenters. The summed E-state index contributed by atoms with van der Waals surface area (Å²) in [5.41, 5.74) is 0.833. The van der Waals surface area contributed by atoms with Gasteiger partial charge < -0.3 is 9.53 Å². The Bertz CT molecular complexity index is 435. The first-order chi connectivity index (χ1) is 8.33.